The zero-order chi connectivity index (χ0) is 15.0. The first-order valence-electron chi connectivity index (χ1n) is 7.72. The van der Waals surface area contributed by atoms with E-state index in [1.165, 1.54) is 0 Å². The van der Waals surface area contributed by atoms with Crippen LogP contribution in [0.15, 0.2) is 0 Å². The first-order chi connectivity index (χ1) is 9.56. The van der Waals surface area contributed by atoms with E-state index in [0.717, 1.165) is 51.7 Å². The molecule has 0 aromatic carbocycles. The first kappa shape index (κ1) is 17.4. The molecule has 20 heavy (non-hydrogen) atoms. The van der Waals surface area contributed by atoms with Crippen molar-refractivity contribution in [3.63, 3.8) is 0 Å². The summed E-state index contributed by atoms with van der Waals surface area (Å²) in [5.74, 6) is 0.528. The molecule has 0 bridgehead atoms. The van der Waals surface area contributed by atoms with Crippen molar-refractivity contribution < 1.29 is 9.53 Å². The predicted molar refractivity (Wildman–Crippen MR) is 85.6 cm³/mol. The number of amides is 1. The van der Waals surface area contributed by atoms with Gasteiger partial charge in [0.2, 0.25) is 5.91 Å². The van der Waals surface area contributed by atoms with Crippen molar-refractivity contribution in [1.82, 2.24) is 5.32 Å². The van der Waals surface area contributed by atoms with Crippen LogP contribution in [0.5, 0.6) is 0 Å². The lowest BCUT2D eigenvalue weighted by Crippen LogP contribution is -2.50. The third-order valence-corrected chi connectivity index (χ3v) is 4.54. The van der Waals surface area contributed by atoms with Crippen molar-refractivity contribution in [1.29, 1.82) is 0 Å². The summed E-state index contributed by atoms with van der Waals surface area (Å²) in [4.78, 5) is 13.0. The van der Waals surface area contributed by atoms with Gasteiger partial charge in [-0.25, -0.2) is 0 Å². The summed E-state index contributed by atoms with van der Waals surface area (Å²) in [7, 11) is 0. The molecule has 0 aromatic rings. The van der Waals surface area contributed by atoms with Gasteiger partial charge in [-0.1, -0.05) is 38.9 Å². The Bertz CT molecular complexity index is 322. The lowest BCUT2D eigenvalue weighted by Gasteiger charge is -2.32. The average Bonchev–Trinajstić information content (AvgIpc) is 2.45. The van der Waals surface area contributed by atoms with Crippen molar-refractivity contribution in [2.45, 2.75) is 52.4 Å². The molecule has 0 atom stereocenters. The molecule has 1 aliphatic heterocycles. The van der Waals surface area contributed by atoms with Gasteiger partial charge in [-0.3, -0.25) is 4.79 Å². The maximum absolute atomic E-state index is 12.6. The molecule has 1 heterocycles. The highest BCUT2D eigenvalue weighted by molar-refractivity contribution is 7.80. The van der Waals surface area contributed by atoms with Gasteiger partial charge in [0, 0.05) is 19.8 Å². The highest BCUT2D eigenvalue weighted by Crippen LogP contribution is 2.31. The van der Waals surface area contributed by atoms with Gasteiger partial charge in [0.25, 0.3) is 0 Å². The van der Waals surface area contributed by atoms with Crippen LogP contribution in [0, 0.1) is 11.3 Å². The van der Waals surface area contributed by atoms with Crippen LogP contribution < -0.4 is 11.1 Å². The molecule has 1 rings (SSSR count). The number of thiocarbonyl (C=S) groups is 1. The molecular formula is C15H28N2O2S. The average molecular weight is 300 g/mol. The van der Waals surface area contributed by atoms with Crippen LogP contribution in [0.3, 0.4) is 0 Å². The van der Waals surface area contributed by atoms with Crippen LogP contribution in [0.1, 0.15) is 52.4 Å². The molecule has 3 N–H and O–H groups in total. The zero-order valence-electron chi connectivity index (χ0n) is 12.7. The summed E-state index contributed by atoms with van der Waals surface area (Å²) in [6, 6.07) is 0. The standard InChI is InChI=1S/C15H28N2O2S/c1-3-7-15(8-4-2,13(16)20)14(18)17-11-12-5-9-19-10-6-12/h12H,3-11H2,1-2H3,(H2,16,20)(H,17,18). The molecule has 0 aromatic heterocycles. The summed E-state index contributed by atoms with van der Waals surface area (Å²) in [6.07, 6.45) is 5.30. The molecule has 1 amide bonds. The van der Waals surface area contributed by atoms with Gasteiger partial charge in [-0.05, 0) is 31.6 Å². The Labute approximate surface area is 127 Å². The normalized spacial score (nSPS) is 16.9. The molecule has 0 spiro atoms. The molecule has 4 nitrogen and oxygen atoms in total. The molecule has 0 saturated carbocycles. The van der Waals surface area contributed by atoms with Crippen molar-refractivity contribution in [3.05, 3.63) is 0 Å². The molecule has 1 saturated heterocycles. The van der Waals surface area contributed by atoms with Gasteiger partial charge in [0.1, 0.15) is 0 Å². The lowest BCUT2D eigenvalue weighted by atomic mass is 9.78. The number of carbonyl (C=O) groups excluding carboxylic acids is 1. The quantitative estimate of drug-likeness (QED) is 0.676. The molecule has 0 unspecified atom stereocenters. The third kappa shape index (κ3) is 4.42. The maximum atomic E-state index is 12.6. The second-order valence-electron chi connectivity index (χ2n) is 5.71. The van der Waals surface area contributed by atoms with Gasteiger partial charge >= 0.3 is 0 Å². The fourth-order valence-corrected chi connectivity index (χ4v) is 3.22. The largest absolute Gasteiger partial charge is 0.392 e. The maximum Gasteiger partial charge on any atom is 0.233 e. The summed E-state index contributed by atoms with van der Waals surface area (Å²) < 4.78 is 5.34. The Balaban J connectivity index is 2.64. The summed E-state index contributed by atoms with van der Waals surface area (Å²) >= 11 is 5.20. The third-order valence-electron chi connectivity index (χ3n) is 4.15. The van der Waals surface area contributed by atoms with E-state index in [4.69, 9.17) is 22.7 Å². The van der Waals surface area contributed by atoms with Gasteiger partial charge in [-0.15, -0.1) is 0 Å². The summed E-state index contributed by atoms with van der Waals surface area (Å²) in [6.45, 7) is 6.43. The first-order valence-corrected chi connectivity index (χ1v) is 8.13. The Morgan fingerprint density at radius 2 is 1.85 bits per heavy atom. The molecule has 0 radical (unpaired) electrons. The van der Waals surface area contributed by atoms with Crippen LogP contribution in [0.25, 0.3) is 0 Å². The topological polar surface area (TPSA) is 64.3 Å². The van der Waals surface area contributed by atoms with Crippen LogP contribution in [0.4, 0.5) is 0 Å². The molecule has 1 aliphatic rings. The summed E-state index contributed by atoms with van der Waals surface area (Å²) in [5.41, 5.74) is 5.24. The van der Waals surface area contributed by atoms with Crippen molar-refractivity contribution in [2.75, 3.05) is 19.8 Å². The second-order valence-corrected chi connectivity index (χ2v) is 6.15. The SMILES string of the molecule is CCCC(CCC)(C(=O)NCC1CCOCC1)C(N)=S. The summed E-state index contributed by atoms with van der Waals surface area (Å²) in [5, 5.41) is 3.08. The van der Waals surface area contributed by atoms with Gasteiger partial charge < -0.3 is 15.8 Å². The Morgan fingerprint density at radius 1 is 1.30 bits per heavy atom. The van der Waals surface area contributed by atoms with Crippen LogP contribution >= 0.6 is 12.2 Å². The van der Waals surface area contributed by atoms with Crippen LogP contribution in [-0.4, -0.2) is 30.7 Å². The monoisotopic (exact) mass is 300 g/mol. The fourth-order valence-electron chi connectivity index (χ4n) is 2.92. The molecular weight excluding hydrogens is 272 g/mol. The van der Waals surface area contributed by atoms with Crippen molar-refractivity contribution in [2.24, 2.45) is 17.1 Å². The molecule has 0 aliphatic carbocycles. The number of carbonyl (C=O) groups is 1. The van der Waals surface area contributed by atoms with Crippen LogP contribution in [0.2, 0.25) is 0 Å². The van der Waals surface area contributed by atoms with Gasteiger partial charge in [0.05, 0.1) is 10.4 Å². The minimum atomic E-state index is -0.663. The van der Waals surface area contributed by atoms with Gasteiger partial charge in [0.15, 0.2) is 0 Å². The van der Waals surface area contributed by atoms with Crippen LogP contribution in [-0.2, 0) is 9.53 Å². The molecule has 1 fully saturated rings. The van der Waals surface area contributed by atoms with Crippen molar-refractivity contribution in [3.8, 4) is 0 Å². The lowest BCUT2D eigenvalue weighted by molar-refractivity contribution is -0.128. The Kier molecular flexibility index (Phi) is 7.45. The fraction of sp³-hybridized carbons (Fsp3) is 0.867. The number of rotatable bonds is 8. The minimum Gasteiger partial charge on any atom is -0.392 e. The number of hydrogen-bond donors (Lipinski definition) is 2. The van der Waals surface area contributed by atoms with Crippen molar-refractivity contribution >= 4 is 23.1 Å². The Morgan fingerprint density at radius 3 is 2.30 bits per heavy atom. The van der Waals surface area contributed by atoms with E-state index in [1.54, 1.807) is 0 Å². The number of nitrogens with one attached hydrogen (secondary N) is 1. The number of nitrogens with two attached hydrogens (primary N) is 1. The second kappa shape index (κ2) is 8.57. The van der Waals surface area contributed by atoms with E-state index in [1.807, 2.05) is 0 Å². The zero-order valence-corrected chi connectivity index (χ0v) is 13.6. The number of ether oxygens (including phenoxy) is 1. The smallest absolute Gasteiger partial charge is 0.233 e. The van der Waals surface area contributed by atoms with E-state index >= 15 is 0 Å². The van der Waals surface area contributed by atoms with E-state index in [9.17, 15) is 4.79 Å². The molecule has 116 valence electrons. The van der Waals surface area contributed by atoms with Gasteiger partial charge in [-0.2, -0.15) is 0 Å². The molecule has 5 heteroatoms. The highest BCUT2D eigenvalue weighted by atomic mass is 32.1. The Hall–Kier alpha value is -0.680. The number of hydrogen-bond acceptors (Lipinski definition) is 3. The predicted octanol–water partition coefficient (Wildman–Crippen LogP) is 2.40. The minimum absolute atomic E-state index is 0.0141. The van der Waals surface area contributed by atoms with E-state index in [2.05, 4.69) is 19.2 Å². The van der Waals surface area contributed by atoms with E-state index in [-0.39, 0.29) is 5.91 Å². The highest BCUT2D eigenvalue weighted by Gasteiger charge is 2.39. The van der Waals surface area contributed by atoms with E-state index in [0.29, 0.717) is 17.5 Å². The van der Waals surface area contributed by atoms with E-state index < -0.39 is 5.41 Å².